The number of methoxy groups -OCH3 is 1. The maximum Gasteiger partial charge on any atom is 0.139 e. The van der Waals surface area contributed by atoms with Crippen LogP contribution in [0.1, 0.15) is 0 Å². The fraction of sp³-hybridized carbons (Fsp3) is 0.0667. The third-order valence-electron chi connectivity index (χ3n) is 2.80. The first kappa shape index (κ1) is 9.97. The molecule has 0 spiro atoms. The minimum Gasteiger partial charge on any atom is -0.496 e. The van der Waals surface area contributed by atoms with Gasteiger partial charge in [0.25, 0.3) is 0 Å². The second-order valence-corrected chi connectivity index (χ2v) is 3.85. The Hall–Kier alpha value is -2.22. The molecule has 0 unspecified atom stereocenters. The van der Waals surface area contributed by atoms with Gasteiger partial charge in [0.1, 0.15) is 17.1 Å². The van der Waals surface area contributed by atoms with Crippen molar-refractivity contribution in [1.82, 2.24) is 0 Å². The Morgan fingerprint density at radius 3 is 2.53 bits per heavy atom. The van der Waals surface area contributed by atoms with Gasteiger partial charge in [-0.3, -0.25) is 0 Å². The largest absolute Gasteiger partial charge is 0.496 e. The molecular weight excluding hydrogens is 212 g/mol. The summed E-state index contributed by atoms with van der Waals surface area (Å²) < 4.78 is 11.2. The van der Waals surface area contributed by atoms with Crippen molar-refractivity contribution < 1.29 is 9.15 Å². The Balaban J connectivity index is 2.20. The zero-order valence-electron chi connectivity index (χ0n) is 9.51. The van der Waals surface area contributed by atoms with Gasteiger partial charge in [-0.1, -0.05) is 30.3 Å². The van der Waals surface area contributed by atoms with Crippen molar-refractivity contribution in [3.63, 3.8) is 0 Å². The molecule has 0 aliphatic rings. The standard InChI is InChI=1S/C15H12O2/c1-16-14-9-5-3-7-12(14)15-10-11-6-2-4-8-13(11)17-15/h2-10H,1H3. The molecule has 1 heterocycles. The molecular formula is C15H12O2. The van der Waals surface area contributed by atoms with Crippen LogP contribution in [0.15, 0.2) is 59.0 Å². The highest BCUT2D eigenvalue weighted by molar-refractivity contribution is 5.83. The lowest BCUT2D eigenvalue weighted by Gasteiger charge is -2.04. The van der Waals surface area contributed by atoms with Crippen LogP contribution in [0.25, 0.3) is 22.3 Å². The summed E-state index contributed by atoms with van der Waals surface area (Å²) in [5.74, 6) is 1.66. The van der Waals surface area contributed by atoms with Crippen molar-refractivity contribution in [3.8, 4) is 17.1 Å². The highest BCUT2D eigenvalue weighted by atomic mass is 16.5. The molecule has 0 fully saturated rings. The van der Waals surface area contributed by atoms with Crippen LogP contribution in [-0.4, -0.2) is 7.11 Å². The Labute approximate surface area is 99.4 Å². The zero-order valence-corrected chi connectivity index (χ0v) is 9.51. The second-order valence-electron chi connectivity index (χ2n) is 3.85. The van der Waals surface area contributed by atoms with Gasteiger partial charge in [0.15, 0.2) is 0 Å². The van der Waals surface area contributed by atoms with Crippen molar-refractivity contribution in [2.75, 3.05) is 7.11 Å². The molecule has 0 amide bonds. The van der Waals surface area contributed by atoms with Gasteiger partial charge in [-0.2, -0.15) is 0 Å². The number of para-hydroxylation sites is 2. The molecule has 17 heavy (non-hydrogen) atoms. The molecule has 3 aromatic rings. The number of fused-ring (bicyclic) bond motifs is 1. The lowest BCUT2D eigenvalue weighted by Crippen LogP contribution is -1.85. The first-order valence-corrected chi connectivity index (χ1v) is 5.50. The Morgan fingerprint density at radius 1 is 0.941 bits per heavy atom. The van der Waals surface area contributed by atoms with Gasteiger partial charge in [-0.15, -0.1) is 0 Å². The van der Waals surface area contributed by atoms with E-state index in [1.54, 1.807) is 7.11 Å². The van der Waals surface area contributed by atoms with Gasteiger partial charge in [-0.05, 0) is 24.3 Å². The first-order valence-electron chi connectivity index (χ1n) is 5.50. The third-order valence-corrected chi connectivity index (χ3v) is 2.80. The lowest BCUT2D eigenvalue weighted by atomic mass is 10.1. The smallest absolute Gasteiger partial charge is 0.139 e. The fourth-order valence-corrected chi connectivity index (χ4v) is 1.96. The number of hydrogen-bond acceptors (Lipinski definition) is 2. The minimum absolute atomic E-state index is 0.826. The SMILES string of the molecule is COc1ccccc1-c1cc2ccccc2o1. The number of furan rings is 1. The van der Waals surface area contributed by atoms with Crippen LogP contribution in [-0.2, 0) is 0 Å². The molecule has 1 aromatic heterocycles. The van der Waals surface area contributed by atoms with Crippen LogP contribution in [0.4, 0.5) is 0 Å². The summed E-state index contributed by atoms with van der Waals surface area (Å²) in [6, 6.07) is 17.9. The molecule has 2 heteroatoms. The van der Waals surface area contributed by atoms with Gasteiger partial charge in [0.2, 0.25) is 0 Å². The average molecular weight is 224 g/mol. The molecule has 2 aromatic carbocycles. The molecule has 0 aliphatic carbocycles. The van der Waals surface area contributed by atoms with Crippen molar-refractivity contribution in [3.05, 3.63) is 54.6 Å². The highest BCUT2D eigenvalue weighted by Crippen LogP contribution is 2.33. The average Bonchev–Trinajstić information content (AvgIpc) is 2.82. The summed E-state index contributed by atoms with van der Waals surface area (Å²) >= 11 is 0. The molecule has 0 saturated heterocycles. The maximum absolute atomic E-state index is 5.82. The van der Waals surface area contributed by atoms with E-state index in [1.165, 1.54) is 0 Å². The van der Waals surface area contributed by atoms with Gasteiger partial charge in [-0.25, -0.2) is 0 Å². The van der Waals surface area contributed by atoms with E-state index in [2.05, 4.69) is 0 Å². The van der Waals surface area contributed by atoms with Crippen LogP contribution in [0.5, 0.6) is 5.75 Å². The normalized spacial score (nSPS) is 10.6. The minimum atomic E-state index is 0.826. The molecule has 0 atom stereocenters. The fourth-order valence-electron chi connectivity index (χ4n) is 1.96. The number of ether oxygens (including phenoxy) is 1. The Kier molecular flexibility index (Phi) is 2.33. The predicted octanol–water partition coefficient (Wildman–Crippen LogP) is 4.11. The van der Waals surface area contributed by atoms with E-state index in [0.717, 1.165) is 28.0 Å². The van der Waals surface area contributed by atoms with Crippen LogP contribution in [0.3, 0.4) is 0 Å². The number of benzene rings is 2. The van der Waals surface area contributed by atoms with Crippen LogP contribution >= 0.6 is 0 Å². The van der Waals surface area contributed by atoms with Gasteiger partial charge in [0, 0.05) is 5.39 Å². The van der Waals surface area contributed by atoms with Crippen molar-refractivity contribution in [2.24, 2.45) is 0 Å². The number of hydrogen-bond donors (Lipinski definition) is 0. The summed E-state index contributed by atoms with van der Waals surface area (Å²) in [5.41, 5.74) is 1.87. The zero-order chi connectivity index (χ0) is 11.7. The summed E-state index contributed by atoms with van der Waals surface area (Å²) in [7, 11) is 1.67. The van der Waals surface area contributed by atoms with Crippen LogP contribution < -0.4 is 4.74 Å². The summed E-state index contributed by atoms with van der Waals surface area (Å²) in [4.78, 5) is 0. The summed E-state index contributed by atoms with van der Waals surface area (Å²) in [5, 5.41) is 1.11. The molecule has 0 bridgehead atoms. The molecule has 2 nitrogen and oxygen atoms in total. The molecule has 0 radical (unpaired) electrons. The molecule has 0 saturated carbocycles. The lowest BCUT2D eigenvalue weighted by molar-refractivity contribution is 0.415. The maximum atomic E-state index is 5.82. The van der Waals surface area contributed by atoms with Crippen molar-refractivity contribution >= 4 is 11.0 Å². The van der Waals surface area contributed by atoms with Crippen LogP contribution in [0.2, 0.25) is 0 Å². The van der Waals surface area contributed by atoms with Crippen LogP contribution in [0, 0.1) is 0 Å². The monoisotopic (exact) mass is 224 g/mol. The first-order chi connectivity index (χ1) is 8.38. The highest BCUT2D eigenvalue weighted by Gasteiger charge is 2.09. The molecule has 0 aliphatic heterocycles. The molecule has 3 rings (SSSR count). The van der Waals surface area contributed by atoms with Gasteiger partial charge in [0.05, 0.1) is 12.7 Å². The van der Waals surface area contributed by atoms with E-state index < -0.39 is 0 Å². The van der Waals surface area contributed by atoms with E-state index >= 15 is 0 Å². The summed E-state index contributed by atoms with van der Waals surface area (Å²) in [6.07, 6.45) is 0. The second kappa shape index (κ2) is 3.98. The van der Waals surface area contributed by atoms with E-state index in [0.29, 0.717) is 0 Å². The quantitative estimate of drug-likeness (QED) is 0.653. The number of rotatable bonds is 2. The summed E-state index contributed by atoms with van der Waals surface area (Å²) in [6.45, 7) is 0. The van der Waals surface area contributed by atoms with Crippen molar-refractivity contribution in [2.45, 2.75) is 0 Å². The molecule has 84 valence electrons. The van der Waals surface area contributed by atoms with E-state index in [1.807, 2.05) is 54.6 Å². The Morgan fingerprint density at radius 2 is 1.71 bits per heavy atom. The van der Waals surface area contributed by atoms with E-state index in [4.69, 9.17) is 9.15 Å². The third kappa shape index (κ3) is 1.68. The van der Waals surface area contributed by atoms with Gasteiger partial charge >= 0.3 is 0 Å². The Bertz CT molecular complexity index is 620. The predicted molar refractivity (Wildman–Crippen MR) is 68.2 cm³/mol. The topological polar surface area (TPSA) is 22.4 Å². The molecule has 0 N–H and O–H groups in total. The van der Waals surface area contributed by atoms with Crippen molar-refractivity contribution in [1.29, 1.82) is 0 Å². The van der Waals surface area contributed by atoms with E-state index in [-0.39, 0.29) is 0 Å². The van der Waals surface area contributed by atoms with E-state index in [9.17, 15) is 0 Å². The van der Waals surface area contributed by atoms with Gasteiger partial charge < -0.3 is 9.15 Å².